The molecule has 0 aliphatic carbocycles. The fourth-order valence-corrected chi connectivity index (χ4v) is 1.83. The van der Waals surface area contributed by atoms with E-state index in [-0.39, 0.29) is 5.91 Å². The maximum Gasteiger partial charge on any atom is 0.225 e. The van der Waals surface area contributed by atoms with Gasteiger partial charge in [0, 0.05) is 32.3 Å². The molecule has 16 heavy (non-hydrogen) atoms. The minimum Gasteiger partial charge on any atom is -0.381 e. The minimum absolute atomic E-state index is 0.220. The van der Waals surface area contributed by atoms with Gasteiger partial charge in [0.15, 0.2) is 0 Å². The van der Waals surface area contributed by atoms with Crippen molar-refractivity contribution in [2.24, 2.45) is 5.92 Å². The number of hydrogen-bond acceptors (Lipinski definition) is 3. The van der Waals surface area contributed by atoms with Crippen molar-refractivity contribution in [3.05, 3.63) is 0 Å². The Balaban J connectivity index is 2.18. The molecule has 0 aromatic carbocycles. The third-order valence-electron chi connectivity index (χ3n) is 2.73. The molecular weight excluding hydrogens is 204 g/mol. The number of carbonyl (C=O) groups excluding carboxylic acids is 1. The summed E-state index contributed by atoms with van der Waals surface area (Å²) < 4.78 is 5.43. The van der Waals surface area contributed by atoms with E-state index in [4.69, 9.17) is 4.74 Å². The first-order valence-corrected chi connectivity index (χ1v) is 6.19. The fraction of sp³-hybridized carbons (Fsp3) is 0.917. The first-order valence-electron chi connectivity index (χ1n) is 6.19. The van der Waals surface area contributed by atoms with Crippen LogP contribution in [-0.2, 0) is 9.53 Å². The SMILES string of the molecule is CC(C)COCCC(=O)N1CCNC[C@@H]1C. The molecule has 0 aromatic rings. The van der Waals surface area contributed by atoms with Crippen molar-refractivity contribution in [2.45, 2.75) is 33.2 Å². The van der Waals surface area contributed by atoms with Gasteiger partial charge in [-0.25, -0.2) is 0 Å². The van der Waals surface area contributed by atoms with Gasteiger partial charge < -0.3 is 15.0 Å². The van der Waals surface area contributed by atoms with Gasteiger partial charge in [0.25, 0.3) is 0 Å². The summed E-state index contributed by atoms with van der Waals surface area (Å²) in [5, 5.41) is 3.28. The second kappa shape index (κ2) is 6.86. The Kier molecular flexibility index (Phi) is 5.77. The van der Waals surface area contributed by atoms with Crippen LogP contribution >= 0.6 is 0 Å². The van der Waals surface area contributed by atoms with Crippen LogP contribution in [0.5, 0.6) is 0 Å². The maximum absolute atomic E-state index is 11.9. The summed E-state index contributed by atoms with van der Waals surface area (Å²) in [7, 11) is 0. The Morgan fingerprint density at radius 2 is 2.31 bits per heavy atom. The van der Waals surface area contributed by atoms with Crippen LogP contribution < -0.4 is 5.32 Å². The van der Waals surface area contributed by atoms with E-state index in [0.29, 0.717) is 25.0 Å². The summed E-state index contributed by atoms with van der Waals surface area (Å²) >= 11 is 0. The van der Waals surface area contributed by atoms with E-state index < -0.39 is 0 Å². The van der Waals surface area contributed by atoms with Gasteiger partial charge in [-0.1, -0.05) is 13.8 Å². The molecule has 1 amide bonds. The molecule has 1 saturated heterocycles. The van der Waals surface area contributed by atoms with Crippen molar-refractivity contribution >= 4 is 5.91 Å². The van der Waals surface area contributed by atoms with E-state index in [0.717, 1.165) is 26.2 Å². The van der Waals surface area contributed by atoms with Crippen molar-refractivity contribution in [3.8, 4) is 0 Å². The monoisotopic (exact) mass is 228 g/mol. The first kappa shape index (κ1) is 13.5. The Labute approximate surface area is 98.3 Å². The molecule has 4 nitrogen and oxygen atoms in total. The molecule has 0 bridgehead atoms. The van der Waals surface area contributed by atoms with Crippen LogP contribution in [0.2, 0.25) is 0 Å². The van der Waals surface area contributed by atoms with Gasteiger partial charge in [0.05, 0.1) is 13.0 Å². The second-order valence-corrected chi connectivity index (χ2v) is 4.86. The smallest absolute Gasteiger partial charge is 0.225 e. The van der Waals surface area contributed by atoms with Gasteiger partial charge in [0.1, 0.15) is 0 Å². The summed E-state index contributed by atoms with van der Waals surface area (Å²) in [5.41, 5.74) is 0. The van der Waals surface area contributed by atoms with Crippen molar-refractivity contribution in [1.29, 1.82) is 0 Å². The number of ether oxygens (including phenoxy) is 1. The molecule has 0 aromatic heterocycles. The summed E-state index contributed by atoms with van der Waals surface area (Å²) in [6.07, 6.45) is 0.511. The number of nitrogens with one attached hydrogen (secondary N) is 1. The average molecular weight is 228 g/mol. The second-order valence-electron chi connectivity index (χ2n) is 4.86. The molecule has 1 atom stereocenters. The first-order chi connectivity index (χ1) is 7.61. The van der Waals surface area contributed by atoms with Crippen molar-refractivity contribution in [1.82, 2.24) is 10.2 Å². The third-order valence-corrected chi connectivity index (χ3v) is 2.73. The predicted molar refractivity (Wildman–Crippen MR) is 64.3 cm³/mol. The van der Waals surface area contributed by atoms with Gasteiger partial charge in [-0.2, -0.15) is 0 Å². The van der Waals surface area contributed by atoms with Crippen LogP contribution in [0.1, 0.15) is 27.2 Å². The summed E-state index contributed by atoms with van der Waals surface area (Å²) in [6.45, 7) is 10.2. The number of hydrogen-bond donors (Lipinski definition) is 1. The zero-order valence-electron chi connectivity index (χ0n) is 10.7. The molecule has 0 saturated carbocycles. The van der Waals surface area contributed by atoms with E-state index in [1.54, 1.807) is 0 Å². The molecule has 1 aliphatic heterocycles. The molecule has 1 fully saturated rings. The van der Waals surface area contributed by atoms with Crippen molar-refractivity contribution in [2.75, 3.05) is 32.8 Å². The highest BCUT2D eigenvalue weighted by Crippen LogP contribution is 2.05. The van der Waals surface area contributed by atoms with Crippen molar-refractivity contribution < 1.29 is 9.53 Å². The normalized spacial score (nSPS) is 21.5. The van der Waals surface area contributed by atoms with Crippen LogP contribution in [-0.4, -0.2) is 49.7 Å². The topological polar surface area (TPSA) is 41.6 Å². The summed E-state index contributed by atoms with van der Waals surface area (Å²) in [4.78, 5) is 13.8. The lowest BCUT2D eigenvalue weighted by atomic mass is 10.2. The van der Waals surface area contributed by atoms with E-state index in [9.17, 15) is 4.79 Å². The minimum atomic E-state index is 0.220. The largest absolute Gasteiger partial charge is 0.381 e. The van der Waals surface area contributed by atoms with Crippen molar-refractivity contribution in [3.63, 3.8) is 0 Å². The maximum atomic E-state index is 11.9. The fourth-order valence-electron chi connectivity index (χ4n) is 1.83. The number of nitrogens with zero attached hydrogens (tertiary/aromatic N) is 1. The lowest BCUT2D eigenvalue weighted by Crippen LogP contribution is -2.52. The van der Waals surface area contributed by atoms with E-state index in [1.165, 1.54) is 0 Å². The molecule has 1 heterocycles. The van der Waals surface area contributed by atoms with Crippen LogP contribution in [0.25, 0.3) is 0 Å². The zero-order chi connectivity index (χ0) is 12.0. The zero-order valence-corrected chi connectivity index (χ0v) is 10.7. The number of amides is 1. The molecule has 1 N–H and O–H groups in total. The Morgan fingerprint density at radius 3 is 2.94 bits per heavy atom. The molecule has 4 heteroatoms. The highest BCUT2D eigenvalue weighted by atomic mass is 16.5. The van der Waals surface area contributed by atoms with Gasteiger partial charge in [-0.05, 0) is 12.8 Å². The van der Waals surface area contributed by atoms with Crippen LogP contribution in [0.4, 0.5) is 0 Å². The molecule has 1 rings (SSSR count). The number of carbonyl (C=O) groups is 1. The van der Waals surface area contributed by atoms with Crippen LogP contribution in [0, 0.1) is 5.92 Å². The van der Waals surface area contributed by atoms with E-state index in [1.807, 2.05) is 4.90 Å². The predicted octanol–water partition coefficient (Wildman–Crippen LogP) is 0.869. The highest BCUT2D eigenvalue weighted by molar-refractivity contribution is 5.76. The van der Waals surface area contributed by atoms with Crippen LogP contribution in [0.15, 0.2) is 0 Å². The number of piperazine rings is 1. The molecule has 0 unspecified atom stereocenters. The molecule has 0 spiro atoms. The third kappa shape index (κ3) is 4.49. The summed E-state index contributed by atoms with van der Waals surface area (Å²) in [5.74, 6) is 0.756. The lowest BCUT2D eigenvalue weighted by Gasteiger charge is -2.34. The lowest BCUT2D eigenvalue weighted by molar-refractivity contribution is -0.135. The Bertz CT molecular complexity index is 219. The highest BCUT2D eigenvalue weighted by Gasteiger charge is 2.22. The van der Waals surface area contributed by atoms with Gasteiger partial charge in [0.2, 0.25) is 5.91 Å². The Hall–Kier alpha value is -0.610. The van der Waals surface area contributed by atoms with E-state index in [2.05, 4.69) is 26.1 Å². The number of rotatable bonds is 5. The van der Waals surface area contributed by atoms with E-state index >= 15 is 0 Å². The van der Waals surface area contributed by atoms with Gasteiger partial charge in [-0.15, -0.1) is 0 Å². The average Bonchev–Trinajstić information content (AvgIpc) is 2.24. The van der Waals surface area contributed by atoms with Gasteiger partial charge >= 0.3 is 0 Å². The van der Waals surface area contributed by atoms with Crippen LogP contribution in [0.3, 0.4) is 0 Å². The van der Waals surface area contributed by atoms with Gasteiger partial charge in [-0.3, -0.25) is 4.79 Å². The summed E-state index contributed by atoms with van der Waals surface area (Å²) in [6, 6.07) is 0.311. The molecule has 1 aliphatic rings. The standard InChI is InChI=1S/C12H24N2O2/c1-10(2)9-16-7-4-12(15)14-6-5-13-8-11(14)3/h10-11,13H,4-9H2,1-3H3/t11-/m0/s1. The molecule has 0 radical (unpaired) electrons. The molecular formula is C12H24N2O2. The quantitative estimate of drug-likeness (QED) is 0.710. The molecule has 94 valence electrons. The Morgan fingerprint density at radius 1 is 1.56 bits per heavy atom.